The van der Waals surface area contributed by atoms with Gasteiger partial charge < -0.3 is 20.4 Å². The number of halogens is 1. The number of hydrogen-bond acceptors (Lipinski definition) is 3. The van der Waals surface area contributed by atoms with Gasteiger partial charge >= 0.3 is 0 Å². The minimum atomic E-state index is -0.252. The highest BCUT2D eigenvalue weighted by molar-refractivity contribution is 5.97. The predicted octanol–water partition coefficient (Wildman–Crippen LogP) is 2.00. The third kappa shape index (κ3) is 6.28. The Labute approximate surface area is 182 Å². The van der Waals surface area contributed by atoms with E-state index >= 15 is 0 Å². The first-order valence-corrected chi connectivity index (χ1v) is 10.3. The summed E-state index contributed by atoms with van der Waals surface area (Å²) in [4.78, 5) is 32.3. The van der Waals surface area contributed by atoms with Gasteiger partial charge in [-0.25, -0.2) is 9.38 Å². The molecule has 2 aromatic rings. The van der Waals surface area contributed by atoms with Gasteiger partial charge in [0.25, 0.3) is 5.91 Å². The zero-order valence-corrected chi connectivity index (χ0v) is 17.9. The van der Waals surface area contributed by atoms with E-state index in [9.17, 15) is 14.0 Å². The van der Waals surface area contributed by atoms with Crippen molar-refractivity contribution in [1.29, 1.82) is 0 Å². The predicted molar refractivity (Wildman–Crippen MR) is 118 cm³/mol. The third-order valence-electron chi connectivity index (χ3n) is 4.97. The number of hydrogen-bond donors (Lipinski definition) is 2. The molecule has 31 heavy (non-hydrogen) atoms. The van der Waals surface area contributed by atoms with Crippen molar-refractivity contribution in [3.63, 3.8) is 0 Å². The van der Waals surface area contributed by atoms with Gasteiger partial charge in [0.15, 0.2) is 5.96 Å². The molecule has 0 aliphatic carbocycles. The van der Waals surface area contributed by atoms with E-state index in [-0.39, 0.29) is 24.2 Å². The summed E-state index contributed by atoms with van der Waals surface area (Å²) >= 11 is 0. The molecule has 7 nitrogen and oxygen atoms in total. The van der Waals surface area contributed by atoms with Gasteiger partial charge in [0.1, 0.15) is 5.82 Å². The first kappa shape index (κ1) is 22.3. The minimum absolute atomic E-state index is 0.0946. The maximum atomic E-state index is 13.1. The molecule has 1 heterocycles. The van der Waals surface area contributed by atoms with Crippen LogP contribution in [0.25, 0.3) is 0 Å². The molecule has 0 aromatic heterocycles. The molecule has 3 rings (SSSR count). The molecule has 0 spiro atoms. The van der Waals surface area contributed by atoms with Gasteiger partial charge in [0.05, 0.1) is 13.1 Å². The third-order valence-corrected chi connectivity index (χ3v) is 4.97. The van der Waals surface area contributed by atoms with E-state index in [1.165, 1.54) is 12.1 Å². The molecule has 2 amide bonds. The van der Waals surface area contributed by atoms with Crippen LogP contribution in [0.3, 0.4) is 0 Å². The van der Waals surface area contributed by atoms with Crippen LogP contribution < -0.4 is 10.6 Å². The molecule has 1 fully saturated rings. The van der Waals surface area contributed by atoms with Gasteiger partial charge in [0, 0.05) is 38.8 Å². The van der Waals surface area contributed by atoms with Crippen molar-refractivity contribution in [1.82, 2.24) is 20.4 Å². The van der Waals surface area contributed by atoms with Crippen LogP contribution in [-0.2, 0) is 17.9 Å². The summed E-state index contributed by atoms with van der Waals surface area (Å²) in [7, 11) is 1.93. The highest BCUT2D eigenvalue weighted by Crippen LogP contribution is 2.11. The molecule has 2 aromatic carbocycles. The minimum Gasteiger partial charge on any atom is -0.357 e. The fourth-order valence-corrected chi connectivity index (χ4v) is 3.32. The van der Waals surface area contributed by atoms with Crippen LogP contribution in [0.2, 0.25) is 0 Å². The summed E-state index contributed by atoms with van der Waals surface area (Å²) in [5.74, 6) is 0.215. The van der Waals surface area contributed by atoms with Crippen LogP contribution in [0.5, 0.6) is 0 Å². The van der Waals surface area contributed by atoms with E-state index in [1.54, 1.807) is 29.2 Å². The van der Waals surface area contributed by atoms with Crippen molar-refractivity contribution in [2.24, 2.45) is 4.99 Å². The Balaban J connectivity index is 1.62. The standard InChI is InChI=1S/C23H28FN5O2/c1-3-25-23(28(2)15-18-6-10-20(24)11-7-18)27-14-17-4-8-19(9-5-17)22(31)29-13-12-26-21(30)16-29/h4-11H,3,12-16H2,1-2H3,(H,25,27)(H,26,30). The normalized spacial score (nSPS) is 14.2. The summed E-state index contributed by atoms with van der Waals surface area (Å²) < 4.78 is 13.1. The molecule has 1 aliphatic rings. The molecule has 8 heteroatoms. The summed E-state index contributed by atoms with van der Waals surface area (Å²) in [6, 6.07) is 13.7. The van der Waals surface area contributed by atoms with Crippen LogP contribution in [-0.4, -0.2) is 60.8 Å². The van der Waals surface area contributed by atoms with Gasteiger partial charge in [-0.15, -0.1) is 0 Å². The van der Waals surface area contributed by atoms with E-state index in [0.717, 1.165) is 23.6 Å². The molecular weight excluding hydrogens is 397 g/mol. The van der Waals surface area contributed by atoms with E-state index in [1.807, 2.05) is 31.0 Å². The van der Waals surface area contributed by atoms with Crippen LogP contribution in [0.15, 0.2) is 53.5 Å². The number of carbonyl (C=O) groups excluding carboxylic acids is 2. The lowest BCUT2D eigenvalue weighted by atomic mass is 10.1. The van der Waals surface area contributed by atoms with Crippen LogP contribution >= 0.6 is 0 Å². The fourth-order valence-electron chi connectivity index (χ4n) is 3.32. The molecule has 2 N–H and O–H groups in total. The number of amides is 2. The largest absolute Gasteiger partial charge is 0.357 e. The number of piperazine rings is 1. The Bertz CT molecular complexity index is 928. The quantitative estimate of drug-likeness (QED) is 0.548. The molecule has 0 saturated carbocycles. The maximum Gasteiger partial charge on any atom is 0.254 e. The lowest BCUT2D eigenvalue weighted by molar-refractivity contribution is -0.123. The van der Waals surface area contributed by atoms with E-state index in [4.69, 9.17) is 0 Å². The van der Waals surface area contributed by atoms with Gasteiger partial charge in [-0.3, -0.25) is 9.59 Å². The van der Waals surface area contributed by atoms with Crippen LogP contribution in [0.4, 0.5) is 4.39 Å². The summed E-state index contributed by atoms with van der Waals surface area (Å²) in [6.07, 6.45) is 0. The van der Waals surface area contributed by atoms with Gasteiger partial charge in [-0.2, -0.15) is 0 Å². The van der Waals surface area contributed by atoms with Crippen molar-refractivity contribution < 1.29 is 14.0 Å². The Kier molecular flexibility index (Phi) is 7.59. The number of benzene rings is 2. The number of aliphatic imine (C=N–C) groups is 1. The molecule has 1 saturated heterocycles. The number of rotatable bonds is 6. The molecule has 1 aliphatic heterocycles. The monoisotopic (exact) mass is 425 g/mol. The fraction of sp³-hybridized carbons (Fsp3) is 0.348. The maximum absolute atomic E-state index is 13.1. The zero-order chi connectivity index (χ0) is 22.2. The second-order valence-corrected chi connectivity index (χ2v) is 7.43. The molecule has 0 unspecified atom stereocenters. The zero-order valence-electron chi connectivity index (χ0n) is 17.9. The molecule has 0 bridgehead atoms. The van der Waals surface area contributed by atoms with E-state index < -0.39 is 0 Å². The first-order chi connectivity index (χ1) is 15.0. The van der Waals surface area contributed by atoms with Gasteiger partial charge in [0.2, 0.25) is 5.91 Å². The van der Waals surface area contributed by atoms with Crippen molar-refractivity contribution in [2.45, 2.75) is 20.0 Å². The Hall–Kier alpha value is -3.42. The molecule has 164 valence electrons. The summed E-state index contributed by atoms with van der Waals surface area (Å²) in [6.45, 7) is 4.88. The molecular formula is C23H28FN5O2. The average Bonchev–Trinajstić information content (AvgIpc) is 2.78. The lowest BCUT2D eigenvalue weighted by Crippen LogP contribution is -2.49. The smallest absolute Gasteiger partial charge is 0.254 e. The topological polar surface area (TPSA) is 77.0 Å². The summed E-state index contributed by atoms with van der Waals surface area (Å²) in [5.41, 5.74) is 2.52. The number of guanidine groups is 1. The van der Waals surface area contributed by atoms with Gasteiger partial charge in [-0.1, -0.05) is 24.3 Å². The molecule has 0 atom stereocenters. The van der Waals surface area contributed by atoms with E-state index in [2.05, 4.69) is 15.6 Å². The highest BCUT2D eigenvalue weighted by atomic mass is 19.1. The SMILES string of the molecule is CCNC(=NCc1ccc(C(=O)N2CCNC(=O)C2)cc1)N(C)Cc1ccc(F)cc1. The van der Waals surface area contributed by atoms with Crippen molar-refractivity contribution in [2.75, 3.05) is 33.2 Å². The first-order valence-electron chi connectivity index (χ1n) is 10.3. The number of nitrogens with one attached hydrogen (secondary N) is 2. The number of carbonyl (C=O) groups is 2. The van der Waals surface area contributed by atoms with E-state index in [0.29, 0.717) is 31.7 Å². The van der Waals surface area contributed by atoms with Crippen molar-refractivity contribution in [3.8, 4) is 0 Å². The second-order valence-electron chi connectivity index (χ2n) is 7.43. The highest BCUT2D eigenvalue weighted by Gasteiger charge is 2.22. The van der Waals surface area contributed by atoms with Crippen LogP contribution in [0, 0.1) is 5.82 Å². The Morgan fingerprint density at radius 1 is 1.16 bits per heavy atom. The van der Waals surface area contributed by atoms with Crippen molar-refractivity contribution >= 4 is 17.8 Å². The van der Waals surface area contributed by atoms with Crippen LogP contribution in [0.1, 0.15) is 28.4 Å². The Morgan fingerprint density at radius 3 is 2.48 bits per heavy atom. The lowest BCUT2D eigenvalue weighted by Gasteiger charge is -2.26. The van der Waals surface area contributed by atoms with Crippen molar-refractivity contribution in [3.05, 3.63) is 71.0 Å². The Morgan fingerprint density at radius 2 is 1.84 bits per heavy atom. The molecule has 0 radical (unpaired) electrons. The average molecular weight is 426 g/mol. The second kappa shape index (κ2) is 10.6. The number of nitrogens with zero attached hydrogens (tertiary/aromatic N) is 3. The summed E-state index contributed by atoms with van der Waals surface area (Å²) in [5, 5.41) is 5.98. The van der Waals surface area contributed by atoms with Gasteiger partial charge in [-0.05, 0) is 42.3 Å².